The minimum Gasteiger partial charge on any atom is -0.385 e. The lowest BCUT2D eigenvalue weighted by Gasteiger charge is -2.09. The third-order valence-corrected chi connectivity index (χ3v) is 3.23. The molecule has 0 unspecified atom stereocenters. The smallest absolute Gasteiger partial charge is 0.323 e. The summed E-state index contributed by atoms with van der Waals surface area (Å²) >= 11 is 0. The third-order valence-electron chi connectivity index (χ3n) is 3.23. The van der Waals surface area contributed by atoms with Gasteiger partial charge in [0.2, 0.25) is 0 Å². The first-order chi connectivity index (χ1) is 11.7. The number of para-hydroxylation sites is 1. The average Bonchev–Trinajstić information content (AvgIpc) is 2.59. The van der Waals surface area contributed by atoms with Crippen molar-refractivity contribution in [3.8, 4) is 0 Å². The molecule has 0 heterocycles. The van der Waals surface area contributed by atoms with Crippen molar-refractivity contribution in [2.24, 2.45) is 0 Å². The lowest BCUT2D eigenvalue weighted by atomic mass is 10.2. The highest BCUT2D eigenvalue weighted by Crippen LogP contribution is 2.12. The number of carbonyl (C=O) groups is 2. The number of carbonyl (C=O) groups excluding carboxylic acids is 2. The number of anilines is 2. The number of rotatable bonds is 7. The second-order valence-corrected chi connectivity index (χ2v) is 5.13. The van der Waals surface area contributed by atoms with Gasteiger partial charge in [0.1, 0.15) is 0 Å². The summed E-state index contributed by atoms with van der Waals surface area (Å²) in [7, 11) is 1.62. The van der Waals surface area contributed by atoms with E-state index in [-0.39, 0.29) is 11.9 Å². The second-order valence-electron chi connectivity index (χ2n) is 5.13. The molecule has 2 rings (SSSR count). The van der Waals surface area contributed by atoms with Crippen molar-refractivity contribution in [3.05, 3.63) is 60.2 Å². The van der Waals surface area contributed by atoms with Gasteiger partial charge in [-0.05, 0) is 36.8 Å². The van der Waals surface area contributed by atoms with Gasteiger partial charge in [0.15, 0.2) is 0 Å². The first kappa shape index (κ1) is 17.5. The number of hydrogen-bond acceptors (Lipinski definition) is 3. The molecule has 0 radical (unpaired) electrons. The van der Waals surface area contributed by atoms with Crippen LogP contribution in [0.5, 0.6) is 0 Å². The zero-order valence-electron chi connectivity index (χ0n) is 13.5. The van der Waals surface area contributed by atoms with Crippen LogP contribution in [0.4, 0.5) is 16.2 Å². The monoisotopic (exact) mass is 327 g/mol. The van der Waals surface area contributed by atoms with E-state index in [1.165, 1.54) is 0 Å². The van der Waals surface area contributed by atoms with Gasteiger partial charge in [-0.3, -0.25) is 4.79 Å². The average molecular weight is 327 g/mol. The summed E-state index contributed by atoms with van der Waals surface area (Å²) in [6, 6.07) is 15.6. The number of nitrogens with one attached hydrogen (secondary N) is 3. The van der Waals surface area contributed by atoms with Gasteiger partial charge in [0.25, 0.3) is 5.91 Å². The summed E-state index contributed by atoms with van der Waals surface area (Å²) in [5, 5.41) is 8.24. The van der Waals surface area contributed by atoms with Crippen LogP contribution in [0.3, 0.4) is 0 Å². The fourth-order valence-corrected chi connectivity index (χ4v) is 2.07. The normalized spacial score (nSPS) is 10.0. The van der Waals surface area contributed by atoms with Gasteiger partial charge in [-0.2, -0.15) is 0 Å². The highest BCUT2D eigenvalue weighted by molar-refractivity contribution is 6.01. The van der Waals surface area contributed by atoms with Gasteiger partial charge < -0.3 is 20.7 Å². The Morgan fingerprint density at radius 2 is 1.67 bits per heavy atom. The largest absolute Gasteiger partial charge is 0.385 e. The van der Waals surface area contributed by atoms with E-state index in [9.17, 15) is 9.59 Å². The topological polar surface area (TPSA) is 79.5 Å². The predicted molar refractivity (Wildman–Crippen MR) is 94.4 cm³/mol. The molecule has 0 aliphatic carbocycles. The molecule has 0 aliphatic heterocycles. The molecule has 0 spiro atoms. The van der Waals surface area contributed by atoms with Crippen LogP contribution in [-0.4, -0.2) is 32.2 Å². The Morgan fingerprint density at radius 3 is 2.42 bits per heavy atom. The van der Waals surface area contributed by atoms with Gasteiger partial charge in [0.05, 0.1) is 0 Å². The predicted octanol–water partition coefficient (Wildman–Crippen LogP) is 3.10. The molecule has 0 aliphatic rings. The first-order valence-corrected chi connectivity index (χ1v) is 7.69. The Kier molecular flexibility index (Phi) is 6.79. The van der Waals surface area contributed by atoms with Gasteiger partial charge in [0, 0.05) is 37.2 Å². The summed E-state index contributed by atoms with van der Waals surface area (Å²) in [4.78, 5) is 24.0. The molecule has 0 fully saturated rings. The SMILES string of the molecule is COCCCNC(=O)c1cccc(NC(=O)Nc2ccccc2)c1. The minimum atomic E-state index is -0.362. The third kappa shape index (κ3) is 5.73. The second kappa shape index (κ2) is 9.32. The molecule has 3 amide bonds. The molecule has 2 aromatic carbocycles. The van der Waals surface area contributed by atoms with Crippen molar-refractivity contribution in [1.82, 2.24) is 5.32 Å². The van der Waals surface area contributed by atoms with Crippen molar-refractivity contribution < 1.29 is 14.3 Å². The van der Waals surface area contributed by atoms with Crippen LogP contribution in [0.1, 0.15) is 16.8 Å². The van der Waals surface area contributed by atoms with Crippen LogP contribution in [0, 0.1) is 0 Å². The summed E-state index contributed by atoms with van der Waals surface area (Å²) in [6.07, 6.45) is 0.750. The molecule has 6 heteroatoms. The van der Waals surface area contributed by atoms with Crippen LogP contribution < -0.4 is 16.0 Å². The maximum absolute atomic E-state index is 12.1. The fourth-order valence-electron chi connectivity index (χ4n) is 2.07. The minimum absolute atomic E-state index is 0.182. The van der Waals surface area contributed by atoms with Gasteiger partial charge in [-0.25, -0.2) is 4.79 Å². The number of benzene rings is 2. The molecule has 0 saturated carbocycles. The molecule has 0 atom stereocenters. The number of amides is 3. The maximum atomic E-state index is 12.1. The van der Waals surface area contributed by atoms with Gasteiger partial charge in [-0.15, -0.1) is 0 Å². The highest BCUT2D eigenvalue weighted by atomic mass is 16.5. The quantitative estimate of drug-likeness (QED) is 0.684. The molecule has 2 aromatic rings. The van der Waals surface area contributed by atoms with E-state index < -0.39 is 0 Å². The zero-order valence-corrected chi connectivity index (χ0v) is 13.5. The van der Waals surface area contributed by atoms with E-state index in [0.717, 1.165) is 6.42 Å². The molecule has 0 bridgehead atoms. The van der Waals surface area contributed by atoms with E-state index in [1.54, 1.807) is 43.5 Å². The van der Waals surface area contributed by atoms with E-state index in [2.05, 4.69) is 16.0 Å². The van der Waals surface area contributed by atoms with Crippen LogP contribution in [0.2, 0.25) is 0 Å². The molecular weight excluding hydrogens is 306 g/mol. The highest BCUT2D eigenvalue weighted by Gasteiger charge is 2.07. The van der Waals surface area contributed by atoms with Crippen molar-refractivity contribution in [3.63, 3.8) is 0 Å². The van der Waals surface area contributed by atoms with Crippen LogP contribution in [0.15, 0.2) is 54.6 Å². The Morgan fingerprint density at radius 1 is 0.958 bits per heavy atom. The van der Waals surface area contributed by atoms with Crippen LogP contribution in [-0.2, 0) is 4.74 Å². The Balaban J connectivity index is 1.90. The molecule has 0 aromatic heterocycles. The van der Waals surface area contributed by atoms with Crippen molar-refractivity contribution in [2.75, 3.05) is 30.9 Å². The summed E-state index contributed by atoms with van der Waals surface area (Å²) < 4.78 is 4.94. The molecular formula is C18H21N3O3. The summed E-state index contributed by atoms with van der Waals surface area (Å²) in [5.41, 5.74) is 1.74. The molecule has 6 nitrogen and oxygen atoms in total. The standard InChI is InChI=1S/C18H21N3O3/c1-24-12-6-11-19-17(22)14-7-5-10-16(13-14)21-18(23)20-15-8-3-2-4-9-15/h2-5,7-10,13H,6,11-12H2,1H3,(H,19,22)(H2,20,21,23). The zero-order chi connectivity index (χ0) is 17.2. The Hall–Kier alpha value is -2.86. The van der Waals surface area contributed by atoms with Crippen LogP contribution in [0.25, 0.3) is 0 Å². The molecule has 24 heavy (non-hydrogen) atoms. The summed E-state index contributed by atoms with van der Waals surface area (Å²) in [5.74, 6) is -0.182. The van der Waals surface area contributed by atoms with Crippen LogP contribution >= 0.6 is 0 Å². The fraction of sp³-hybridized carbons (Fsp3) is 0.222. The Bertz CT molecular complexity index is 674. The lowest BCUT2D eigenvalue weighted by Crippen LogP contribution is -2.25. The lowest BCUT2D eigenvalue weighted by molar-refractivity contribution is 0.0948. The van der Waals surface area contributed by atoms with E-state index in [0.29, 0.717) is 30.1 Å². The maximum Gasteiger partial charge on any atom is 0.323 e. The Labute approximate surface area is 141 Å². The van der Waals surface area contributed by atoms with E-state index >= 15 is 0 Å². The molecule has 126 valence electrons. The first-order valence-electron chi connectivity index (χ1n) is 7.69. The number of hydrogen-bond donors (Lipinski definition) is 3. The van der Waals surface area contributed by atoms with Crippen molar-refractivity contribution in [1.29, 1.82) is 0 Å². The van der Waals surface area contributed by atoms with Crippen molar-refractivity contribution >= 4 is 23.3 Å². The molecule has 0 saturated heterocycles. The number of methoxy groups -OCH3 is 1. The number of ether oxygens (including phenoxy) is 1. The van der Waals surface area contributed by atoms with E-state index in [1.807, 2.05) is 18.2 Å². The number of urea groups is 1. The van der Waals surface area contributed by atoms with Gasteiger partial charge >= 0.3 is 6.03 Å². The van der Waals surface area contributed by atoms with Crippen molar-refractivity contribution in [2.45, 2.75) is 6.42 Å². The summed E-state index contributed by atoms with van der Waals surface area (Å²) in [6.45, 7) is 1.14. The van der Waals surface area contributed by atoms with Gasteiger partial charge in [-0.1, -0.05) is 24.3 Å². The molecule has 3 N–H and O–H groups in total. The van der Waals surface area contributed by atoms with E-state index in [4.69, 9.17) is 4.74 Å².